The number of nitrogens with one attached hydrogen (secondary N) is 1. The van der Waals surface area contributed by atoms with E-state index >= 15 is 0 Å². The van der Waals surface area contributed by atoms with Crippen LogP contribution in [0.15, 0.2) is 48.5 Å². The van der Waals surface area contributed by atoms with Crippen molar-refractivity contribution in [3.05, 3.63) is 65.5 Å². The van der Waals surface area contributed by atoms with Crippen LogP contribution in [0.3, 0.4) is 0 Å². The normalized spacial score (nSPS) is 12.3. The van der Waals surface area contributed by atoms with Gasteiger partial charge in [0, 0.05) is 6.04 Å². The standard InChI is InChI=1S/C21H23N3O3/c1-13(2)24-18-7-5-4-6-17(18)23-20(24)14(3)22-19(25)12-15-8-10-16(11-9-15)21(26)27/h4-11,13-14H,12H2,1-3H3,(H,22,25)(H,26,27). The molecule has 0 radical (unpaired) electrons. The maximum atomic E-state index is 12.4. The summed E-state index contributed by atoms with van der Waals surface area (Å²) < 4.78 is 2.14. The Hall–Kier alpha value is -3.15. The number of benzene rings is 2. The average Bonchev–Trinajstić information content (AvgIpc) is 3.02. The molecule has 3 aromatic rings. The van der Waals surface area contributed by atoms with Gasteiger partial charge in [-0.1, -0.05) is 24.3 Å². The van der Waals surface area contributed by atoms with Gasteiger partial charge in [-0.2, -0.15) is 0 Å². The monoisotopic (exact) mass is 365 g/mol. The van der Waals surface area contributed by atoms with Crippen molar-refractivity contribution in [3.63, 3.8) is 0 Å². The number of amides is 1. The van der Waals surface area contributed by atoms with E-state index < -0.39 is 5.97 Å². The van der Waals surface area contributed by atoms with Gasteiger partial charge in [0.25, 0.3) is 0 Å². The van der Waals surface area contributed by atoms with Crippen molar-refractivity contribution in [2.45, 2.75) is 39.3 Å². The Labute approximate surface area is 157 Å². The zero-order chi connectivity index (χ0) is 19.6. The molecule has 1 heterocycles. The second kappa shape index (κ2) is 7.61. The minimum Gasteiger partial charge on any atom is -0.478 e. The summed E-state index contributed by atoms with van der Waals surface area (Å²) in [7, 11) is 0. The fraction of sp³-hybridized carbons (Fsp3) is 0.286. The first-order chi connectivity index (χ1) is 12.9. The number of fused-ring (bicyclic) bond motifs is 1. The van der Waals surface area contributed by atoms with E-state index in [1.54, 1.807) is 12.1 Å². The summed E-state index contributed by atoms with van der Waals surface area (Å²) in [6.07, 6.45) is 0.187. The molecule has 0 saturated heterocycles. The predicted molar refractivity (Wildman–Crippen MR) is 104 cm³/mol. The summed E-state index contributed by atoms with van der Waals surface area (Å²) in [5.74, 6) is -0.291. The topological polar surface area (TPSA) is 84.2 Å². The molecule has 1 amide bonds. The van der Waals surface area contributed by atoms with E-state index in [1.165, 1.54) is 12.1 Å². The van der Waals surface area contributed by atoms with Crippen molar-refractivity contribution in [1.82, 2.24) is 14.9 Å². The van der Waals surface area contributed by atoms with Crippen LogP contribution in [0, 0.1) is 0 Å². The molecule has 1 atom stereocenters. The first-order valence-electron chi connectivity index (χ1n) is 8.95. The second-order valence-electron chi connectivity index (χ2n) is 6.89. The fourth-order valence-electron chi connectivity index (χ4n) is 3.22. The Morgan fingerprint density at radius 3 is 2.37 bits per heavy atom. The molecule has 2 N–H and O–H groups in total. The van der Waals surface area contributed by atoms with Gasteiger partial charge < -0.3 is 15.0 Å². The summed E-state index contributed by atoms with van der Waals surface area (Å²) in [4.78, 5) is 28.1. The number of carboxylic acids is 1. The zero-order valence-corrected chi connectivity index (χ0v) is 15.6. The number of nitrogens with zero attached hydrogens (tertiary/aromatic N) is 2. The van der Waals surface area contributed by atoms with Gasteiger partial charge in [0.05, 0.1) is 29.1 Å². The van der Waals surface area contributed by atoms with Crippen LogP contribution in [0.5, 0.6) is 0 Å². The summed E-state index contributed by atoms with van der Waals surface area (Å²) in [5, 5.41) is 11.9. The lowest BCUT2D eigenvalue weighted by Gasteiger charge is -2.19. The van der Waals surface area contributed by atoms with Crippen molar-refractivity contribution in [3.8, 4) is 0 Å². The molecule has 1 unspecified atom stereocenters. The van der Waals surface area contributed by atoms with Crippen LogP contribution in [0.2, 0.25) is 0 Å². The number of imidazole rings is 1. The van der Waals surface area contributed by atoms with Gasteiger partial charge >= 0.3 is 5.97 Å². The van der Waals surface area contributed by atoms with E-state index in [1.807, 2.05) is 31.2 Å². The molecule has 0 aliphatic heterocycles. The van der Waals surface area contributed by atoms with E-state index in [4.69, 9.17) is 10.1 Å². The first-order valence-corrected chi connectivity index (χ1v) is 8.95. The summed E-state index contributed by atoms with van der Waals surface area (Å²) in [6.45, 7) is 6.11. The van der Waals surface area contributed by atoms with Gasteiger partial charge in [0.2, 0.25) is 5.91 Å². The Bertz CT molecular complexity index is 974. The molecule has 6 nitrogen and oxygen atoms in total. The number of carbonyl (C=O) groups is 2. The van der Waals surface area contributed by atoms with Gasteiger partial charge in [-0.3, -0.25) is 4.79 Å². The van der Waals surface area contributed by atoms with Crippen LogP contribution >= 0.6 is 0 Å². The maximum absolute atomic E-state index is 12.4. The molecule has 0 fully saturated rings. The average molecular weight is 365 g/mol. The van der Waals surface area contributed by atoms with Crippen LogP contribution in [0.1, 0.15) is 54.6 Å². The van der Waals surface area contributed by atoms with E-state index in [9.17, 15) is 9.59 Å². The molecule has 27 heavy (non-hydrogen) atoms. The largest absolute Gasteiger partial charge is 0.478 e. The smallest absolute Gasteiger partial charge is 0.335 e. The Morgan fingerprint density at radius 2 is 1.74 bits per heavy atom. The number of carboxylic acid groups (broad SMARTS) is 1. The number of para-hydroxylation sites is 2. The van der Waals surface area contributed by atoms with Gasteiger partial charge in [-0.25, -0.2) is 9.78 Å². The van der Waals surface area contributed by atoms with Gasteiger partial charge in [-0.05, 0) is 50.6 Å². The molecule has 0 bridgehead atoms. The van der Waals surface area contributed by atoms with Gasteiger partial charge in [0.15, 0.2) is 0 Å². The van der Waals surface area contributed by atoms with Crippen molar-refractivity contribution in [2.24, 2.45) is 0 Å². The Morgan fingerprint density at radius 1 is 1.07 bits per heavy atom. The summed E-state index contributed by atoms with van der Waals surface area (Å²) >= 11 is 0. The van der Waals surface area contributed by atoms with Crippen molar-refractivity contribution in [2.75, 3.05) is 0 Å². The number of aromatic nitrogens is 2. The number of hydrogen-bond acceptors (Lipinski definition) is 3. The molecule has 0 aliphatic rings. The van der Waals surface area contributed by atoms with E-state index in [0.29, 0.717) is 0 Å². The van der Waals surface area contributed by atoms with Crippen LogP contribution in [0.4, 0.5) is 0 Å². The Kier molecular flexibility index (Phi) is 5.26. The van der Waals surface area contributed by atoms with E-state index in [2.05, 4.69) is 23.7 Å². The molecule has 3 rings (SSSR count). The highest BCUT2D eigenvalue weighted by atomic mass is 16.4. The molecule has 1 aromatic heterocycles. The quantitative estimate of drug-likeness (QED) is 0.697. The lowest BCUT2D eigenvalue weighted by molar-refractivity contribution is -0.121. The highest BCUT2D eigenvalue weighted by molar-refractivity contribution is 5.87. The highest BCUT2D eigenvalue weighted by Crippen LogP contribution is 2.24. The summed E-state index contributed by atoms with van der Waals surface area (Å²) in [6, 6.07) is 14.2. The number of hydrogen-bond donors (Lipinski definition) is 2. The molecule has 6 heteroatoms. The SMILES string of the molecule is CC(NC(=O)Cc1ccc(C(=O)O)cc1)c1nc2ccccc2n1C(C)C. The number of rotatable bonds is 6. The number of aromatic carboxylic acids is 1. The highest BCUT2D eigenvalue weighted by Gasteiger charge is 2.20. The zero-order valence-electron chi connectivity index (χ0n) is 15.6. The molecular formula is C21H23N3O3. The molecular weight excluding hydrogens is 342 g/mol. The van der Waals surface area contributed by atoms with E-state index in [0.717, 1.165) is 22.4 Å². The maximum Gasteiger partial charge on any atom is 0.335 e. The molecule has 0 saturated carbocycles. The third-order valence-corrected chi connectivity index (χ3v) is 4.47. The Balaban J connectivity index is 1.76. The van der Waals surface area contributed by atoms with Crippen LogP contribution in [-0.2, 0) is 11.2 Å². The van der Waals surface area contributed by atoms with Crippen molar-refractivity contribution >= 4 is 22.9 Å². The number of carbonyl (C=O) groups excluding carboxylic acids is 1. The first kappa shape index (κ1) is 18.6. The minimum atomic E-state index is -0.979. The molecule has 2 aromatic carbocycles. The predicted octanol–water partition coefficient (Wildman–Crippen LogP) is 3.74. The molecule has 140 valence electrons. The van der Waals surface area contributed by atoms with E-state index in [-0.39, 0.29) is 30.0 Å². The van der Waals surface area contributed by atoms with Crippen LogP contribution in [-0.4, -0.2) is 26.5 Å². The van der Waals surface area contributed by atoms with Crippen LogP contribution < -0.4 is 5.32 Å². The summed E-state index contributed by atoms with van der Waals surface area (Å²) in [5.41, 5.74) is 2.93. The minimum absolute atomic E-state index is 0.132. The van der Waals surface area contributed by atoms with Crippen LogP contribution in [0.25, 0.3) is 11.0 Å². The molecule has 0 spiro atoms. The van der Waals surface area contributed by atoms with Gasteiger partial charge in [0.1, 0.15) is 5.82 Å². The third-order valence-electron chi connectivity index (χ3n) is 4.47. The molecule has 0 aliphatic carbocycles. The van der Waals surface area contributed by atoms with Gasteiger partial charge in [-0.15, -0.1) is 0 Å². The lowest BCUT2D eigenvalue weighted by Crippen LogP contribution is -2.30. The third kappa shape index (κ3) is 4.00. The van der Waals surface area contributed by atoms with Crippen molar-refractivity contribution < 1.29 is 14.7 Å². The lowest BCUT2D eigenvalue weighted by atomic mass is 10.1. The fourth-order valence-corrected chi connectivity index (χ4v) is 3.22. The second-order valence-corrected chi connectivity index (χ2v) is 6.89. The van der Waals surface area contributed by atoms with Crippen molar-refractivity contribution in [1.29, 1.82) is 0 Å².